The summed E-state index contributed by atoms with van der Waals surface area (Å²) in [6, 6.07) is 6.46. The van der Waals surface area contributed by atoms with Crippen LogP contribution < -0.4 is 0 Å². The third kappa shape index (κ3) is 3.77. The number of alkyl halides is 3. The van der Waals surface area contributed by atoms with Gasteiger partial charge in [-0.15, -0.1) is 0 Å². The normalized spacial score (nSPS) is 32.8. The molecule has 4 bridgehead atoms. The van der Waals surface area contributed by atoms with E-state index in [1.54, 1.807) is 25.1 Å². The first kappa shape index (κ1) is 21.4. The van der Waals surface area contributed by atoms with Gasteiger partial charge in [-0.2, -0.15) is 21.6 Å². The summed E-state index contributed by atoms with van der Waals surface area (Å²) in [4.78, 5) is 12.2. The SMILES string of the molecule is C=C(C(=O)OC12CC3CC(C1)CC(OS(=O)(=O)c1ccccc1C)(C3)C2)C(F)(F)F. The molecule has 4 saturated carbocycles. The smallest absolute Gasteiger partial charge is 0.422 e. The number of hydrogen-bond donors (Lipinski definition) is 0. The average Bonchev–Trinajstić information content (AvgIpc) is 2.57. The Morgan fingerprint density at radius 2 is 1.67 bits per heavy atom. The maximum Gasteiger partial charge on any atom is 0.422 e. The second kappa shape index (κ2) is 6.82. The number of halogens is 3. The average molecular weight is 444 g/mol. The summed E-state index contributed by atoms with van der Waals surface area (Å²) in [7, 11) is -4.09. The molecule has 164 valence electrons. The zero-order valence-corrected chi connectivity index (χ0v) is 17.3. The number of hydrogen-bond acceptors (Lipinski definition) is 5. The van der Waals surface area contributed by atoms with E-state index in [4.69, 9.17) is 8.92 Å². The van der Waals surface area contributed by atoms with Gasteiger partial charge in [0.1, 0.15) is 11.2 Å². The molecular formula is C21H23F3O5S. The fourth-order valence-corrected chi connectivity index (χ4v) is 7.26. The molecule has 9 heteroatoms. The summed E-state index contributed by atoms with van der Waals surface area (Å²) in [6.45, 7) is 4.49. The van der Waals surface area contributed by atoms with Crippen molar-refractivity contribution in [2.24, 2.45) is 11.8 Å². The molecule has 5 nitrogen and oxygen atoms in total. The molecule has 1 aromatic rings. The molecule has 0 N–H and O–H groups in total. The highest BCUT2D eigenvalue weighted by Crippen LogP contribution is 2.61. The van der Waals surface area contributed by atoms with Crippen molar-refractivity contribution >= 4 is 16.1 Å². The summed E-state index contributed by atoms with van der Waals surface area (Å²) in [5, 5.41) is 0. The number of rotatable bonds is 5. The molecule has 0 aliphatic heterocycles. The minimum atomic E-state index is -4.87. The third-order valence-corrected chi connectivity index (χ3v) is 8.07. The van der Waals surface area contributed by atoms with E-state index in [0.717, 1.165) is 6.42 Å². The number of esters is 1. The lowest BCUT2D eigenvalue weighted by molar-refractivity contribution is -0.213. The van der Waals surface area contributed by atoms with Gasteiger partial charge in [-0.3, -0.25) is 4.18 Å². The molecule has 0 saturated heterocycles. The van der Waals surface area contributed by atoms with Crippen LogP contribution in [-0.2, 0) is 23.8 Å². The van der Waals surface area contributed by atoms with Crippen LogP contribution in [0, 0.1) is 18.8 Å². The molecule has 1 aromatic carbocycles. The molecule has 4 fully saturated rings. The van der Waals surface area contributed by atoms with Gasteiger partial charge in [0.15, 0.2) is 0 Å². The second-order valence-corrected chi connectivity index (χ2v) is 10.5. The standard InChI is InChI=1S/C21H23F3O5S/c1-13-5-3-4-6-17(13)30(26,27)29-20-10-15-7-16(11-20)9-19(8-15,12-20)28-18(25)14(2)21(22,23)24/h3-6,15-16H,2,7-12H2,1H3. The van der Waals surface area contributed by atoms with Gasteiger partial charge in [0, 0.05) is 6.42 Å². The van der Waals surface area contributed by atoms with E-state index in [2.05, 4.69) is 6.58 Å². The van der Waals surface area contributed by atoms with E-state index >= 15 is 0 Å². The zero-order chi connectivity index (χ0) is 21.9. The van der Waals surface area contributed by atoms with Gasteiger partial charge < -0.3 is 4.74 Å². The molecule has 0 amide bonds. The van der Waals surface area contributed by atoms with E-state index in [9.17, 15) is 26.4 Å². The van der Waals surface area contributed by atoms with Crippen molar-refractivity contribution in [3.63, 3.8) is 0 Å². The number of aryl methyl sites for hydroxylation is 1. The van der Waals surface area contributed by atoms with E-state index in [-0.39, 0.29) is 23.2 Å². The van der Waals surface area contributed by atoms with Crippen molar-refractivity contribution in [3.05, 3.63) is 42.0 Å². The highest BCUT2D eigenvalue weighted by atomic mass is 32.2. The molecule has 5 rings (SSSR count). The van der Waals surface area contributed by atoms with Gasteiger partial charge in [0.2, 0.25) is 0 Å². The van der Waals surface area contributed by atoms with Crippen LogP contribution in [0.2, 0.25) is 0 Å². The van der Waals surface area contributed by atoms with E-state index in [0.29, 0.717) is 31.2 Å². The monoisotopic (exact) mass is 444 g/mol. The molecule has 2 unspecified atom stereocenters. The molecule has 0 radical (unpaired) electrons. The van der Waals surface area contributed by atoms with Crippen molar-refractivity contribution in [1.29, 1.82) is 0 Å². The van der Waals surface area contributed by atoms with Crippen LogP contribution >= 0.6 is 0 Å². The van der Waals surface area contributed by atoms with Gasteiger partial charge in [0.05, 0.1) is 10.5 Å². The summed E-state index contributed by atoms with van der Waals surface area (Å²) in [5.74, 6) is -1.43. The second-order valence-electron chi connectivity index (χ2n) is 9.00. The summed E-state index contributed by atoms with van der Waals surface area (Å²) >= 11 is 0. The molecular weight excluding hydrogens is 421 g/mol. The topological polar surface area (TPSA) is 69.7 Å². The summed E-state index contributed by atoms with van der Waals surface area (Å²) < 4.78 is 75.8. The van der Waals surface area contributed by atoms with E-state index in [1.165, 1.54) is 6.07 Å². The van der Waals surface area contributed by atoms with Crippen LogP contribution in [0.4, 0.5) is 13.2 Å². The predicted octanol–water partition coefficient (Wildman–Crippen LogP) is 4.45. The molecule has 4 aliphatic rings. The predicted molar refractivity (Wildman–Crippen MR) is 101 cm³/mol. The Labute approximate surface area is 173 Å². The minimum Gasteiger partial charge on any atom is -0.455 e. The molecule has 0 spiro atoms. The maximum atomic E-state index is 13.0. The van der Waals surface area contributed by atoms with Crippen molar-refractivity contribution in [3.8, 4) is 0 Å². The number of benzene rings is 1. The fraction of sp³-hybridized carbons (Fsp3) is 0.571. The minimum absolute atomic E-state index is 0.0327. The van der Waals surface area contributed by atoms with Crippen molar-refractivity contribution in [2.75, 3.05) is 0 Å². The summed E-state index contributed by atoms with van der Waals surface area (Å²) in [5.41, 5.74) is -3.24. The van der Waals surface area contributed by atoms with Crippen molar-refractivity contribution in [2.45, 2.75) is 67.7 Å². The Hall–Kier alpha value is -1.87. The Balaban J connectivity index is 1.61. The first-order valence-electron chi connectivity index (χ1n) is 9.84. The van der Waals surface area contributed by atoms with Crippen LogP contribution in [0.25, 0.3) is 0 Å². The first-order valence-corrected chi connectivity index (χ1v) is 11.2. The highest BCUT2D eigenvalue weighted by molar-refractivity contribution is 7.86. The Kier molecular flexibility index (Phi) is 4.85. The molecule has 2 atom stereocenters. The molecule has 0 aromatic heterocycles. The van der Waals surface area contributed by atoms with Gasteiger partial charge in [-0.1, -0.05) is 24.8 Å². The lowest BCUT2D eigenvalue weighted by Crippen LogP contribution is -2.61. The molecule has 4 aliphatic carbocycles. The number of ether oxygens (including phenoxy) is 1. The van der Waals surface area contributed by atoms with Crippen LogP contribution in [0.1, 0.15) is 44.1 Å². The van der Waals surface area contributed by atoms with Gasteiger partial charge >= 0.3 is 12.1 Å². The summed E-state index contributed by atoms with van der Waals surface area (Å²) in [6.07, 6.45) is -2.19. The maximum absolute atomic E-state index is 13.0. The van der Waals surface area contributed by atoms with E-state index < -0.39 is 39.0 Å². The van der Waals surface area contributed by atoms with Crippen LogP contribution in [0.15, 0.2) is 41.3 Å². The Morgan fingerprint density at radius 3 is 2.23 bits per heavy atom. The fourth-order valence-electron chi connectivity index (χ4n) is 5.80. The van der Waals surface area contributed by atoms with Gasteiger partial charge in [-0.05, 0) is 62.5 Å². The van der Waals surface area contributed by atoms with Crippen LogP contribution in [0.5, 0.6) is 0 Å². The van der Waals surface area contributed by atoms with Crippen LogP contribution in [-0.4, -0.2) is 31.8 Å². The van der Waals surface area contributed by atoms with Crippen molar-refractivity contribution in [1.82, 2.24) is 0 Å². The zero-order valence-electron chi connectivity index (χ0n) is 16.5. The van der Waals surface area contributed by atoms with Gasteiger partial charge in [0.25, 0.3) is 10.1 Å². The lowest BCUT2D eigenvalue weighted by atomic mass is 9.52. The number of carbonyl (C=O) groups excluding carboxylic acids is 1. The van der Waals surface area contributed by atoms with E-state index in [1.807, 2.05) is 0 Å². The van der Waals surface area contributed by atoms with Gasteiger partial charge in [-0.25, -0.2) is 4.79 Å². The third-order valence-electron chi connectivity index (χ3n) is 6.50. The highest BCUT2D eigenvalue weighted by Gasteiger charge is 2.62. The Morgan fingerprint density at radius 1 is 1.10 bits per heavy atom. The molecule has 30 heavy (non-hydrogen) atoms. The molecule has 0 heterocycles. The first-order chi connectivity index (χ1) is 13.8. The quantitative estimate of drug-likeness (QED) is 0.381. The largest absolute Gasteiger partial charge is 0.455 e. The number of carbonyl (C=O) groups is 1. The Bertz CT molecular complexity index is 984. The van der Waals surface area contributed by atoms with Crippen molar-refractivity contribution < 1.29 is 35.3 Å². The lowest BCUT2D eigenvalue weighted by Gasteiger charge is -2.60. The van der Waals surface area contributed by atoms with Crippen LogP contribution in [0.3, 0.4) is 0 Å².